The van der Waals surface area contributed by atoms with E-state index in [1.165, 1.54) is 0 Å². The van der Waals surface area contributed by atoms with Gasteiger partial charge >= 0.3 is 23.9 Å². The summed E-state index contributed by atoms with van der Waals surface area (Å²) in [6.45, 7) is 21.5. The Labute approximate surface area is 246 Å². The molecule has 1 fully saturated rings. The van der Waals surface area contributed by atoms with E-state index in [9.17, 15) is 24.3 Å². The molecule has 0 bridgehead atoms. The molecule has 0 aliphatic carbocycles. The molecule has 12 heteroatoms. The van der Waals surface area contributed by atoms with Crippen LogP contribution in [0.25, 0.3) is 0 Å². The lowest BCUT2D eigenvalue weighted by Crippen LogP contribution is -2.51. The van der Waals surface area contributed by atoms with Gasteiger partial charge in [0.25, 0.3) is 0 Å². The fourth-order valence-electron chi connectivity index (χ4n) is 4.24. The highest BCUT2D eigenvalue weighted by atomic mass is 16.6. The molecule has 0 spiro atoms. The molecule has 0 amide bonds. The molecule has 0 saturated carbocycles. The van der Waals surface area contributed by atoms with Gasteiger partial charge in [-0.25, -0.2) is 0 Å². The predicted molar refractivity (Wildman–Crippen MR) is 156 cm³/mol. The fraction of sp³-hybridized carbons (Fsp3) is 0.862. The third-order valence-corrected chi connectivity index (χ3v) is 6.10. The second-order valence-electron chi connectivity index (χ2n) is 13.6. The molecule has 1 rings (SSSR count). The molecule has 1 aliphatic rings. The topological polar surface area (TPSA) is 129 Å². The molecule has 0 aromatic rings. The number of carboxylic acids is 1. The van der Waals surface area contributed by atoms with E-state index in [1.54, 1.807) is 6.92 Å². The summed E-state index contributed by atoms with van der Waals surface area (Å²) in [5.74, 6) is -2.05. The molecule has 1 heterocycles. The molecule has 1 unspecified atom stereocenters. The SMILES string of the molecule is CC(C(=O)O)N1CCN(CC(=O)OC(C)(C)C)CCN(CC(=O)OC(C)(C)C)CCN(CC(=O)OC(C)(C)C)CC1. The molecule has 0 aromatic heterocycles. The molecular weight excluding hydrogens is 532 g/mol. The summed E-state index contributed by atoms with van der Waals surface area (Å²) >= 11 is 0. The minimum Gasteiger partial charge on any atom is -0.480 e. The van der Waals surface area contributed by atoms with Crippen LogP contribution >= 0.6 is 0 Å². The highest BCUT2D eigenvalue weighted by molar-refractivity contribution is 5.73. The molecule has 41 heavy (non-hydrogen) atoms. The largest absolute Gasteiger partial charge is 0.480 e. The number of nitrogens with zero attached hydrogens (tertiary/aromatic N) is 4. The Kier molecular flexibility index (Phi) is 14.2. The van der Waals surface area contributed by atoms with Crippen molar-refractivity contribution in [3.05, 3.63) is 0 Å². The number of ether oxygens (including phenoxy) is 3. The van der Waals surface area contributed by atoms with Crippen LogP contribution in [0.15, 0.2) is 0 Å². The first-order chi connectivity index (χ1) is 18.6. The van der Waals surface area contributed by atoms with Crippen LogP contribution in [0.2, 0.25) is 0 Å². The van der Waals surface area contributed by atoms with Gasteiger partial charge < -0.3 is 19.3 Å². The van der Waals surface area contributed by atoms with Crippen molar-refractivity contribution < 1.29 is 38.5 Å². The molecule has 12 nitrogen and oxygen atoms in total. The summed E-state index contributed by atoms with van der Waals surface area (Å²) < 4.78 is 16.6. The Morgan fingerprint density at radius 1 is 0.561 bits per heavy atom. The van der Waals surface area contributed by atoms with E-state index in [1.807, 2.05) is 81.9 Å². The number of hydrogen-bond donors (Lipinski definition) is 1. The smallest absolute Gasteiger partial charge is 0.320 e. The van der Waals surface area contributed by atoms with Gasteiger partial charge in [0.15, 0.2) is 0 Å². The zero-order chi connectivity index (χ0) is 31.6. The number of hydrogen-bond acceptors (Lipinski definition) is 11. The minimum atomic E-state index is -0.946. The average Bonchev–Trinajstić information content (AvgIpc) is 2.74. The highest BCUT2D eigenvalue weighted by Crippen LogP contribution is 2.12. The minimum absolute atomic E-state index is 0.0393. The van der Waals surface area contributed by atoms with Crippen LogP contribution in [-0.4, -0.2) is 143 Å². The van der Waals surface area contributed by atoms with Crippen LogP contribution in [0, 0.1) is 0 Å². The Morgan fingerprint density at radius 2 is 0.805 bits per heavy atom. The lowest BCUT2D eigenvalue weighted by atomic mass is 10.2. The number of carbonyl (C=O) groups is 4. The summed E-state index contributed by atoms with van der Waals surface area (Å²) in [6, 6.07) is -0.756. The Bertz CT molecular complexity index is 830. The van der Waals surface area contributed by atoms with Crippen molar-refractivity contribution in [2.45, 2.75) is 92.1 Å². The van der Waals surface area contributed by atoms with Crippen molar-refractivity contribution in [2.24, 2.45) is 0 Å². The van der Waals surface area contributed by atoms with Crippen LogP contribution in [0.4, 0.5) is 0 Å². The molecule has 238 valence electrons. The summed E-state index contributed by atoms with van der Waals surface area (Å²) in [4.78, 5) is 57.6. The maximum atomic E-state index is 12.7. The maximum Gasteiger partial charge on any atom is 0.320 e. The van der Waals surface area contributed by atoms with Crippen molar-refractivity contribution in [3.8, 4) is 0 Å². The van der Waals surface area contributed by atoms with Crippen molar-refractivity contribution in [2.75, 3.05) is 72.0 Å². The lowest BCUT2D eigenvalue weighted by molar-refractivity contribution is -0.158. The van der Waals surface area contributed by atoms with E-state index in [0.29, 0.717) is 52.4 Å². The van der Waals surface area contributed by atoms with Gasteiger partial charge in [-0.2, -0.15) is 0 Å². The second-order valence-corrected chi connectivity index (χ2v) is 13.6. The number of carboxylic acid groups (broad SMARTS) is 1. The molecule has 1 saturated heterocycles. The number of aliphatic carboxylic acids is 1. The number of carbonyl (C=O) groups excluding carboxylic acids is 3. The lowest BCUT2D eigenvalue weighted by Gasteiger charge is -2.35. The molecular formula is C29H54N4O8. The third kappa shape index (κ3) is 17.3. The van der Waals surface area contributed by atoms with Gasteiger partial charge in [-0.15, -0.1) is 0 Å². The first kappa shape index (κ1) is 36.7. The Balaban J connectivity index is 3.20. The maximum absolute atomic E-state index is 12.7. The highest BCUT2D eigenvalue weighted by Gasteiger charge is 2.27. The van der Waals surface area contributed by atoms with E-state index >= 15 is 0 Å². The number of rotatable bonds is 8. The van der Waals surface area contributed by atoms with E-state index in [-0.39, 0.29) is 37.5 Å². The van der Waals surface area contributed by atoms with E-state index in [0.717, 1.165) is 0 Å². The number of esters is 3. The predicted octanol–water partition coefficient (Wildman–Crippen LogP) is 1.71. The summed E-state index contributed by atoms with van der Waals surface area (Å²) in [5, 5.41) is 9.73. The van der Waals surface area contributed by atoms with Crippen LogP contribution < -0.4 is 0 Å². The molecule has 1 aliphatic heterocycles. The summed E-state index contributed by atoms with van der Waals surface area (Å²) in [6.07, 6.45) is 0. The molecule has 1 N–H and O–H groups in total. The Hall–Kier alpha value is -2.28. The van der Waals surface area contributed by atoms with Crippen molar-refractivity contribution in [1.82, 2.24) is 19.6 Å². The van der Waals surface area contributed by atoms with Gasteiger partial charge in [-0.1, -0.05) is 0 Å². The van der Waals surface area contributed by atoms with Gasteiger partial charge in [0.1, 0.15) is 22.8 Å². The molecule has 1 atom stereocenters. The van der Waals surface area contributed by atoms with Crippen molar-refractivity contribution >= 4 is 23.9 Å². The van der Waals surface area contributed by atoms with Crippen molar-refractivity contribution in [1.29, 1.82) is 0 Å². The monoisotopic (exact) mass is 586 g/mol. The average molecular weight is 587 g/mol. The van der Waals surface area contributed by atoms with Gasteiger partial charge in [-0.05, 0) is 69.2 Å². The van der Waals surface area contributed by atoms with Gasteiger partial charge in [0.05, 0.1) is 19.6 Å². The van der Waals surface area contributed by atoms with Crippen LogP contribution in [-0.2, 0) is 33.4 Å². The van der Waals surface area contributed by atoms with Crippen LogP contribution in [0.1, 0.15) is 69.2 Å². The zero-order valence-electron chi connectivity index (χ0n) is 26.9. The van der Waals surface area contributed by atoms with Crippen LogP contribution in [0.5, 0.6) is 0 Å². The Morgan fingerprint density at radius 3 is 1.02 bits per heavy atom. The second kappa shape index (κ2) is 15.8. The van der Waals surface area contributed by atoms with Gasteiger partial charge in [0, 0.05) is 52.4 Å². The summed E-state index contributed by atoms with van der Waals surface area (Å²) in [7, 11) is 0. The first-order valence-corrected chi connectivity index (χ1v) is 14.4. The van der Waals surface area contributed by atoms with Crippen molar-refractivity contribution in [3.63, 3.8) is 0 Å². The first-order valence-electron chi connectivity index (χ1n) is 14.4. The van der Waals surface area contributed by atoms with Gasteiger partial charge in [-0.3, -0.25) is 38.8 Å². The fourth-order valence-corrected chi connectivity index (χ4v) is 4.24. The third-order valence-electron chi connectivity index (χ3n) is 6.10. The zero-order valence-corrected chi connectivity index (χ0v) is 26.9. The van der Waals surface area contributed by atoms with E-state index < -0.39 is 28.8 Å². The van der Waals surface area contributed by atoms with Crippen LogP contribution in [0.3, 0.4) is 0 Å². The quantitative estimate of drug-likeness (QED) is 0.328. The standard InChI is InChI=1S/C29H54N4O8/c1-22(26(37)38)33-17-15-31(20-24(35)40-28(5,6)7)13-11-30(19-23(34)39-27(2,3)4)12-14-32(16-18-33)21-25(36)41-29(8,9)10/h22H,11-21H2,1-10H3,(H,37,38). The summed E-state index contributed by atoms with van der Waals surface area (Å²) in [5.41, 5.74) is -1.89. The van der Waals surface area contributed by atoms with Gasteiger partial charge in [0.2, 0.25) is 0 Å². The van der Waals surface area contributed by atoms with E-state index in [2.05, 4.69) is 0 Å². The van der Waals surface area contributed by atoms with E-state index in [4.69, 9.17) is 14.2 Å². The normalized spacial score (nSPS) is 19.0. The molecule has 0 radical (unpaired) electrons. The molecule has 0 aromatic carbocycles.